The number of hydrogen-bond acceptors (Lipinski definition) is 3. The highest BCUT2D eigenvalue weighted by Gasteiger charge is 2.21. The first kappa shape index (κ1) is 14.0. The second-order valence-corrected chi connectivity index (χ2v) is 5.95. The molecule has 1 saturated heterocycles. The predicted molar refractivity (Wildman–Crippen MR) is 78.8 cm³/mol. The number of aldehydes is 1. The lowest BCUT2D eigenvalue weighted by Gasteiger charge is -2.24. The molecule has 104 valence electrons. The minimum atomic E-state index is 0.663. The van der Waals surface area contributed by atoms with Gasteiger partial charge in [-0.25, -0.2) is 4.98 Å². The second kappa shape index (κ2) is 6.18. The van der Waals surface area contributed by atoms with Crippen LogP contribution in [0.15, 0.2) is 12.3 Å². The van der Waals surface area contributed by atoms with Crippen molar-refractivity contribution in [3.63, 3.8) is 0 Å². The maximum Gasteiger partial charge on any atom is 0.151 e. The van der Waals surface area contributed by atoms with Crippen LogP contribution in [0.25, 0.3) is 0 Å². The van der Waals surface area contributed by atoms with Gasteiger partial charge in [-0.1, -0.05) is 13.8 Å². The van der Waals surface area contributed by atoms with E-state index in [9.17, 15) is 4.79 Å². The molecule has 0 saturated carbocycles. The molecule has 19 heavy (non-hydrogen) atoms. The molecule has 3 heteroatoms. The van der Waals surface area contributed by atoms with E-state index in [4.69, 9.17) is 0 Å². The lowest BCUT2D eigenvalue weighted by molar-refractivity contribution is 0.112. The zero-order valence-electron chi connectivity index (χ0n) is 12.2. The molecule has 3 nitrogen and oxygen atoms in total. The van der Waals surface area contributed by atoms with Crippen LogP contribution in [0.2, 0.25) is 0 Å². The first-order valence-corrected chi connectivity index (χ1v) is 7.28. The normalized spacial score (nSPS) is 20.4. The van der Waals surface area contributed by atoms with Gasteiger partial charge in [0.2, 0.25) is 0 Å². The fourth-order valence-corrected chi connectivity index (χ4v) is 2.99. The number of pyridine rings is 1. The molecular weight excluding hydrogens is 236 g/mol. The molecule has 0 radical (unpaired) electrons. The van der Waals surface area contributed by atoms with E-state index in [1.54, 1.807) is 6.20 Å². The van der Waals surface area contributed by atoms with Gasteiger partial charge < -0.3 is 4.90 Å². The van der Waals surface area contributed by atoms with Crippen molar-refractivity contribution in [1.29, 1.82) is 0 Å². The maximum atomic E-state index is 10.8. The number of nitrogens with zero attached hydrogens (tertiary/aromatic N) is 2. The Labute approximate surface area is 116 Å². The Morgan fingerprint density at radius 3 is 2.79 bits per heavy atom. The summed E-state index contributed by atoms with van der Waals surface area (Å²) >= 11 is 0. The van der Waals surface area contributed by atoms with E-state index < -0.39 is 0 Å². The number of aromatic nitrogens is 1. The quantitative estimate of drug-likeness (QED) is 0.780. The van der Waals surface area contributed by atoms with Gasteiger partial charge in [0.15, 0.2) is 6.29 Å². The summed E-state index contributed by atoms with van der Waals surface area (Å²) in [6, 6.07) is 1.93. The van der Waals surface area contributed by atoms with Crippen molar-refractivity contribution < 1.29 is 4.79 Å². The molecule has 1 aromatic rings. The number of hydrogen-bond donors (Lipinski definition) is 0. The van der Waals surface area contributed by atoms with Crippen LogP contribution in [0.3, 0.4) is 0 Å². The summed E-state index contributed by atoms with van der Waals surface area (Å²) in [4.78, 5) is 17.6. The highest BCUT2D eigenvalue weighted by Crippen LogP contribution is 2.27. The van der Waals surface area contributed by atoms with Crippen molar-refractivity contribution in [2.45, 2.75) is 40.0 Å². The van der Waals surface area contributed by atoms with Gasteiger partial charge in [0.05, 0.1) is 0 Å². The molecule has 2 heterocycles. The lowest BCUT2D eigenvalue weighted by Crippen LogP contribution is -2.26. The van der Waals surface area contributed by atoms with Crippen LogP contribution in [-0.4, -0.2) is 24.4 Å². The minimum absolute atomic E-state index is 0.663. The van der Waals surface area contributed by atoms with Crippen LogP contribution in [0.4, 0.5) is 5.82 Å². The SMILES string of the molecule is Cc1cc(C=O)cnc1N1CCCC(C(C)C)CC1. The van der Waals surface area contributed by atoms with Gasteiger partial charge in [0.25, 0.3) is 0 Å². The number of carbonyl (C=O) groups is 1. The Morgan fingerprint density at radius 1 is 1.37 bits per heavy atom. The standard InChI is InChI=1S/C16H24N2O/c1-12(2)15-5-4-7-18(8-6-15)16-13(3)9-14(11-19)10-17-16/h9-12,15H,4-8H2,1-3H3. The number of carbonyl (C=O) groups excluding carboxylic acids is 1. The van der Waals surface area contributed by atoms with Gasteiger partial charge in [-0.15, -0.1) is 0 Å². The molecule has 1 fully saturated rings. The van der Waals surface area contributed by atoms with Crippen molar-refractivity contribution in [3.05, 3.63) is 23.4 Å². The van der Waals surface area contributed by atoms with E-state index in [1.807, 2.05) is 13.0 Å². The molecule has 0 aliphatic carbocycles. The highest BCUT2D eigenvalue weighted by atomic mass is 16.1. The Bertz CT molecular complexity index is 442. The molecule has 1 aromatic heterocycles. The molecule has 1 atom stereocenters. The number of aryl methyl sites for hydroxylation is 1. The smallest absolute Gasteiger partial charge is 0.151 e. The van der Waals surface area contributed by atoms with Crippen LogP contribution in [0.1, 0.15) is 49.0 Å². The van der Waals surface area contributed by atoms with Crippen LogP contribution in [-0.2, 0) is 0 Å². The number of rotatable bonds is 3. The highest BCUT2D eigenvalue weighted by molar-refractivity contribution is 5.75. The van der Waals surface area contributed by atoms with Crippen molar-refractivity contribution >= 4 is 12.1 Å². The van der Waals surface area contributed by atoms with Crippen LogP contribution < -0.4 is 4.90 Å². The largest absolute Gasteiger partial charge is 0.356 e. The Hall–Kier alpha value is -1.38. The Balaban J connectivity index is 2.12. The molecule has 0 aromatic carbocycles. The van der Waals surface area contributed by atoms with Gasteiger partial charge in [0.1, 0.15) is 5.82 Å². The Kier molecular flexibility index (Phi) is 4.56. The molecule has 0 spiro atoms. The molecule has 1 aliphatic heterocycles. The van der Waals surface area contributed by atoms with E-state index in [-0.39, 0.29) is 0 Å². The van der Waals surface area contributed by atoms with Gasteiger partial charge in [0, 0.05) is 24.8 Å². The van der Waals surface area contributed by atoms with Gasteiger partial charge >= 0.3 is 0 Å². The monoisotopic (exact) mass is 260 g/mol. The lowest BCUT2D eigenvalue weighted by atomic mass is 9.89. The van der Waals surface area contributed by atoms with Crippen molar-refractivity contribution in [2.75, 3.05) is 18.0 Å². The summed E-state index contributed by atoms with van der Waals surface area (Å²) in [7, 11) is 0. The third-order valence-electron chi connectivity index (χ3n) is 4.22. The first-order valence-electron chi connectivity index (χ1n) is 7.28. The molecule has 0 amide bonds. The second-order valence-electron chi connectivity index (χ2n) is 5.95. The van der Waals surface area contributed by atoms with Gasteiger partial charge in [-0.05, 0) is 49.7 Å². The first-order chi connectivity index (χ1) is 9.11. The van der Waals surface area contributed by atoms with Crippen molar-refractivity contribution in [2.24, 2.45) is 11.8 Å². The molecule has 2 rings (SSSR count). The average Bonchev–Trinajstić information content (AvgIpc) is 2.64. The van der Waals surface area contributed by atoms with E-state index in [1.165, 1.54) is 19.3 Å². The zero-order valence-corrected chi connectivity index (χ0v) is 12.2. The van der Waals surface area contributed by atoms with Crippen LogP contribution in [0, 0.1) is 18.8 Å². The van der Waals surface area contributed by atoms with E-state index in [2.05, 4.69) is 23.7 Å². The molecule has 1 unspecified atom stereocenters. The third-order valence-corrected chi connectivity index (χ3v) is 4.22. The van der Waals surface area contributed by atoms with E-state index in [0.717, 1.165) is 42.6 Å². The van der Waals surface area contributed by atoms with Gasteiger partial charge in [-0.2, -0.15) is 0 Å². The topological polar surface area (TPSA) is 33.2 Å². The van der Waals surface area contributed by atoms with E-state index in [0.29, 0.717) is 5.56 Å². The zero-order chi connectivity index (χ0) is 13.8. The fourth-order valence-electron chi connectivity index (χ4n) is 2.99. The number of anilines is 1. The molecule has 0 bridgehead atoms. The minimum Gasteiger partial charge on any atom is -0.356 e. The van der Waals surface area contributed by atoms with E-state index >= 15 is 0 Å². The molecule has 0 N–H and O–H groups in total. The summed E-state index contributed by atoms with van der Waals surface area (Å²) in [5.41, 5.74) is 1.77. The summed E-state index contributed by atoms with van der Waals surface area (Å²) in [6.45, 7) is 8.85. The summed E-state index contributed by atoms with van der Waals surface area (Å²) < 4.78 is 0. The molecule has 1 aliphatic rings. The fraction of sp³-hybridized carbons (Fsp3) is 0.625. The summed E-state index contributed by atoms with van der Waals surface area (Å²) in [5.74, 6) is 2.65. The predicted octanol–water partition coefficient (Wildman–Crippen LogP) is 3.47. The third kappa shape index (κ3) is 3.34. The average molecular weight is 260 g/mol. The van der Waals surface area contributed by atoms with Crippen LogP contribution in [0.5, 0.6) is 0 Å². The van der Waals surface area contributed by atoms with Crippen molar-refractivity contribution in [3.8, 4) is 0 Å². The Morgan fingerprint density at radius 2 is 2.16 bits per heavy atom. The maximum absolute atomic E-state index is 10.8. The van der Waals surface area contributed by atoms with Crippen molar-refractivity contribution in [1.82, 2.24) is 4.98 Å². The van der Waals surface area contributed by atoms with Crippen LogP contribution >= 0.6 is 0 Å². The summed E-state index contributed by atoms with van der Waals surface area (Å²) in [5, 5.41) is 0. The van der Waals surface area contributed by atoms with Gasteiger partial charge in [-0.3, -0.25) is 4.79 Å². The molecular formula is C16H24N2O. The summed E-state index contributed by atoms with van der Waals surface area (Å²) in [6.07, 6.45) is 6.34.